The van der Waals surface area contributed by atoms with Crippen molar-refractivity contribution in [3.63, 3.8) is 0 Å². The lowest BCUT2D eigenvalue weighted by Crippen LogP contribution is -2.78. The number of Topliss-reactive ketones (excluding diaryl/α,β-unsaturated/α-hetero) is 1. The Kier molecular flexibility index (Phi) is 5.73. The van der Waals surface area contributed by atoms with Crippen LogP contribution in [-0.2, 0) is 23.4 Å². The molecule has 0 amide bonds. The van der Waals surface area contributed by atoms with Crippen molar-refractivity contribution >= 4 is 20.3 Å². The van der Waals surface area contributed by atoms with Gasteiger partial charge in [0.2, 0.25) is 0 Å². The lowest BCUT2D eigenvalue weighted by atomic mass is 9.45. The van der Waals surface area contributed by atoms with Gasteiger partial charge in [-0.2, -0.15) is 0 Å². The normalized spacial score (nSPS) is 44.2. The van der Waals surface area contributed by atoms with Crippen molar-refractivity contribution in [1.29, 1.82) is 0 Å². The molecule has 4 fully saturated rings. The van der Waals surface area contributed by atoms with Gasteiger partial charge in [0.05, 0.1) is 18.8 Å². The summed E-state index contributed by atoms with van der Waals surface area (Å²) >= 11 is 0. The summed E-state index contributed by atoms with van der Waals surface area (Å²) in [4.78, 5) is 27.0. The van der Waals surface area contributed by atoms with Crippen LogP contribution in [-0.4, -0.2) is 61.5 Å². The number of rotatable bonds is 5. The predicted molar refractivity (Wildman–Crippen MR) is 132 cm³/mol. The number of carbonyl (C=O) groups excluding carboxylic acids is 2. The molecule has 5 aliphatic rings. The molecule has 8 heteroatoms. The van der Waals surface area contributed by atoms with E-state index in [1.807, 2.05) is 20.8 Å². The Morgan fingerprint density at radius 1 is 1.11 bits per heavy atom. The van der Waals surface area contributed by atoms with Gasteiger partial charge in [0.1, 0.15) is 5.60 Å². The molecule has 3 aliphatic carbocycles. The Morgan fingerprint density at radius 3 is 2.34 bits per heavy atom. The van der Waals surface area contributed by atoms with Gasteiger partial charge in [-0.05, 0) is 37.9 Å². The van der Waals surface area contributed by atoms with Crippen molar-refractivity contribution in [2.24, 2.45) is 16.7 Å². The van der Waals surface area contributed by atoms with Crippen LogP contribution in [0.25, 0.3) is 0 Å². The largest absolute Gasteiger partial charge is 0.509 e. The molecule has 2 heterocycles. The topological polar surface area (TPSA) is 91.3 Å². The van der Waals surface area contributed by atoms with E-state index in [9.17, 15) is 14.7 Å². The van der Waals surface area contributed by atoms with Crippen LogP contribution in [0.1, 0.15) is 74.1 Å². The molecule has 0 radical (unpaired) electrons. The smallest absolute Gasteiger partial charge is 0.426 e. The zero-order chi connectivity index (χ0) is 25.6. The molecule has 2 aliphatic heterocycles. The van der Waals surface area contributed by atoms with Crippen LogP contribution in [0, 0.1) is 16.7 Å². The van der Waals surface area contributed by atoms with Crippen LogP contribution in [0.5, 0.6) is 0 Å². The van der Waals surface area contributed by atoms with Gasteiger partial charge < -0.3 is 23.7 Å². The lowest BCUT2D eigenvalue weighted by molar-refractivity contribution is -0.336. The van der Waals surface area contributed by atoms with E-state index in [0.29, 0.717) is 19.3 Å². The number of hydrogen-bond acceptors (Lipinski definition) is 7. The zero-order valence-electron chi connectivity index (χ0n) is 22.4. The van der Waals surface area contributed by atoms with Crippen LogP contribution >= 0.6 is 0 Å². The van der Waals surface area contributed by atoms with E-state index in [1.165, 1.54) is 0 Å². The Morgan fingerprint density at radius 2 is 1.77 bits per heavy atom. The molecule has 0 unspecified atom stereocenters. The fraction of sp³-hybridized carbons (Fsp3) is 0.852. The number of carbonyl (C=O) groups is 2. The van der Waals surface area contributed by atoms with E-state index in [-0.39, 0.29) is 24.9 Å². The molecule has 5 rings (SSSR count). The van der Waals surface area contributed by atoms with Crippen LogP contribution in [0.2, 0.25) is 18.1 Å². The number of ketones is 1. The molecule has 196 valence electrons. The fourth-order valence-corrected chi connectivity index (χ4v) is 11.5. The molecule has 0 aromatic carbocycles. The molecule has 2 saturated heterocycles. The van der Waals surface area contributed by atoms with Crippen molar-refractivity contribution < 1.29 is 33.3 Å². The summed E-state index contributed by atoms with van der Waals surface area (Å²) in [5, 5.41) is 12.1. The number of hydrogen-bond donors (Lipinski definition) is 1. The van der Waals surface area contributed by atoms with Crippen LogP contribution in [0.3, 0.4) is 0 Å². The summed E-state index contributed by atoms with van der Waals surface area (Å²) in [5.74, 6) is -0.451. The molecule has 35 heavy (non-hydrogen) atoms. The monoisotopic (exact) mass is 506 g/mol. The van der Waals surface area contributed by atoms with Gasteiger partial charge in [-0.15, -0.1) is 0 Å². The first kappa shape index (κ1) is 25.4. The highest BCUT2D eigenvalue weighted by atomic mass is 28.4. The SMILES string of the molecule is CC[Si](CC)(CC)O[C@H]1C[C@H]2OC[C@@]2(O)[C@H]2[C@@H]3OC(=O)O[C@]34CCC(C)=C(C(=O)C[C@]12C)C4(C)C. The van der Waals surface area contributed by atoms with E-state index < -0.39 is 54.6 Å². The maximum Gasteiger partial charge on any atom is 0.509 e. The average molecular weight is 507 g/mol. The Hall–Kier alpha value is -1.22. The van der Waals surface area contributed by atoms with Gasteiger partial charge in [-0.25, -0.2) is 4.79 Å². The number of aliphatic hydroxyl groups is 1. The van der Waals surface area contributed by atoms with Crippen molar-refractivity contribution in [3.8, 4) is 0 Å². The summed E-state index contributed by atoms with van der Waals surface area (Å²) < 4.78 is 25.2. The van der Waals surface area contributed by atoms with Crippen molar-refractivity contribution in [1.82, 2.24) is 0 Å². The highest BCUT2D eigenvalue weighted by molar-refractivity contribution is 6.73. The van der Waals surface area contributed by atoms with E-state index in [0.717, 1.165) is 29.3 Å². The maximum absolute atomic E-state index is 14.2. The van der Waals surface area contributed by atoms with Gasteiger partial charge in [0, 0.05) is 35.2 Å². The summed E-state index contributed by atoms with van der Waals surface area (Å²) in [6, 6.07) is 2.97. The zero-order valence-corrected chi connectivity index (χ0v) is 23.4. The second-order valence-corrected chi connectivity index (χ2v) is 17.2. The van der Waals surface area contributed by atoms with Crippen molar-refractivity contribution in [2.75, 3.05) is 6.61 Å². The first-order valence-corrected chi connectivity index (χ1v) is 16.0. The number of ether oxygens (including phenoxy) is 3. The standard InChI is InChI=1S/C27H42O7Si/c1-8-35(9-2,10-3)34-18-13-19-26(30,15-31-19)21-22-27(33-23(29)32-22)12-11-16(4)20(24(27,5)6)17(28)14-25(18,21)7/h18-19,21-22,30H,8-15H2,1-7H3/t18-,19+,21-,22-,25+,26-,27+/m0/s1. The highest BCUT2D eigenvalue weighted by Crippen LogP contribution is 2.66. The van der Waals surface area contributed by atoms with E-state index in [4.69, 9.17) is 18.6 Å². The second-order valence-electron chi connectivity index (χ2n) is 12.5. The third kappa shape index (κ3) is 3.12. The Balaban J connectivity index is 1.72. The van der Waals surface area contributed by atoms with Crippen LogP contribution in [0.4, 0.5) is 4.79 Å². The van der Waals surface area contributed by atoms with Crippen molar-refractivity contribution in [3.05, 3.63) is 11.1 Å². The van der Waals surface area contributed by atoms with Gasteiger partial charge in [0.15, 0.2) is 25.8 Å². The fourth-order valence-electron chi connectivity index (χ4n) is 8.51. The van der Waals surface area contributed by atoms with Gasteiger partial charge in [0.25, 0.3) is 0 Å². The number of allylic oxidation sites excluding steroid dienone is 1. The average Bonchev–Trinajstić information content (AvgIpc) is 3.12. The summed E-state index contributed by atoms with van der Waals surface area (Å²) in [6.45, 7) is 14.9. The van der Waals surface area contributed by atoms with E-state index >= 15 is 0 Å². The minimum Gasteiger partial charge on any atom is -0.426 e. The van der Waals surface area contributed by atoms with Gasteiger partial charge in [-0.3, -0.25) is 4.79 Å². The minimum atomic E-state index is -2.05. The summed E-state index contributed by atoms with van der Waals surface area (Å²) in [7, 11) is -2.05. The number of fused-ring (bicyclic) bond motifs is 5. The Bertz CT molecular complexity index is 962. The molecule has 2 saturated carbocycles. The third-order valence-corrected chi connectivity index (χ3v) is 15.5. The molecular weight excluding hydrogens is 464 g/mol. The highest BCUT2D eigenvalue weighted by Gasteiger charge is 2.77. The van der Waals surface area contributed by atoms with Gasteiger partial charge in [-0.1, -0.05) is 47.1 Å². The Labute approximate surface area is 210 Å². The maximum atomic E-state index is 14.2. The first-order chi connectivity index (χ1) is 16.3. The molecule has 7 atom stereocenters. The van der Waals surface area contributed by atoms with Crippen LogP contribution < -0.4 is 0 Å². The molecule has 0 aromatic rings. The lowest BCUT2D eigenvalue weighted by Gasteiger charge is -2.66. The van der Waals surface area contributed by atoms with Gasteiger partial charge >= 0.3 is 6.16 Å². The molecule has 1 N–H and O–H groups in total. The molecule has 1 spiro atoms. The minimum absolute atomic E-state index is 0.0770. The molecule has 0 aromatic heterocycles. The van der Waals surface area contributed by atoms with Crippen LogP contribution in [0.15, 0.2) is 11.1 Å². The van der Waals surface area contributed by atoms with E-state index in [1.54, 1.807) is 0 Å². The third-order valence-electron chi connectivity index (χ3n) is 10.9. The summed E-state index contributed by atoms with van der Waals surface area (Å²) in [5.41, 5.74) is -1.86. The molecule has 2 bridgehead atoms. The van der Waals surface area contributed by atoms with E-state index in [2.05, 4.69) is 27.7 Å². The molecule has 7 nitrogen and oxygen atoms in total. The summed E-state index contributed by atoms with van der Waals surface area (Å²) in [6.07, 6.45) is -0.0465. The second kappa shape index (κ2) is 7.89. The first-order valence-electron chi connectivity index (χ1n) is 13.5. The quantitative estimate of drug-likeness (QED) is 0.418. The molecular formula is C27H42O7Si. The predicted octanol–water partition coefficient (Wildman–Crippen LogP) is 4.92. The van der Waals surface area contributed by atoms with Crippen molar-refractivity contribution in [2.45, 2.75) is 122 Å².